The summed E-state index contributed by atoms with van der Waals surface area (Å²) in [6.45, 7) is 5.96. The minimum absolute atomic E-state index is 0.0600. The SMILES string of the molecule is CC[C@@H](C)NC(=O)NC(=O)C[n+]1ccc(C)cc1. The molecule has 0 bridgehead atoms. The van der Waals surface area contributed by atoms with Gasteiger partial charge in [-0.05, 0) is 25.8 Å². The van der Waals surface area contributed by atoms with Gasteiger partial charge < -0.3 is 5.32 Å². The Kier molecular flexibility index (Phi) is 5.30. The molecular weight excluding hydrogens is 230 g/mol. The van der Waals surface area contributed by atoms with Crippen LogP contribution < -0.4 is 15.2 Å². The predicted molar refractivity (Wildman–Crippen MR) is 67.8 cm³/mol. The van der Waals surface area contributed by atoms with Crippen LogP contribution in [0.1, 0.15) is 25.8 Å². The van der Waals surface area contributed by atoms with Gasteiger partial charge in [0.2, 0.25) is 6.54 Å². The van der Waals surface area contributed by atoms with Crippen LogP contribution in [0.15, 0.2) is 24.5 Å². The van der Waals surface area contributed by atoms with Crippen molar-refractivity contribution >= 4 is 11.9 Å². The van der Waals surface area contributed by atoms with Gasteiger partial charge in [-0.1, -0.05) is 6.92 Å². The number of nitrogens with one attached hydrogen (secondary N) is 2. The molecule has 0 unspecified atom stereocenters. The maximum absolute atomic E-state index is 11.6. The molecule has 2 N–H and O–H groups in total. The van der Waals surface area contributed by atoms with E-state index in [0.717, 1.165) is 12.0 Å². The molecule has 0 saturated carbocycles. The average Bonchev–Trinajstić information content (AvgIpc) is 2.31. The summed E-state index contributed by atoms with van der Waals surface area (Å²) in [4.78, 5) is 23.0. The second-order valence-electron chi connectivity index (χ2n) is 4.38. The highest BCUT2D eigenvalue weighted by molar-refractivity contribution is 5.93. The summed E-state index contributed by atoms with van der Waals surface area (Å²) in [6.07, 6.45) is 4.44. The Labute approximate surface area is 107 Å². The van der Waals surface area contributed by atoms with Crippen LogP contribution in [-0.4, -0.2) is 18.0 Å². The van der Waals surface area contributed by atoms with E-state index in [2.05, 4.69) is 10.6 Å². The van der Waals surface area contributed by atoms with Gasteiger partial charge >= 0.3 is 6.03 Å². The van der Waals surface area contributed by atoms with Gasteiger partial charge in [0.25, 0.3) is 5.91 Å². The summed E-state index contributed by atoms with van der Waals surface area (Å²) < 4.78 is 1.72. The number of pyridine rings is 1. The first-order chi connectivity index (χ1) is 8.51. The van der Waals surface area contributed by atoms with Crippen molar-refractivity contribution in [3.63, 3.8) is 0 Å². The van der Waals surface area contributed by atoms with Gasteiger partial charge in [0, 0.05) is 18.2 Å². The highest BCUT2D eigenvalue weighted by Gasteiger charge is 2.13. The molecule has 0 saturated heterocycles. The fraction of sp³-hybridized carbons (Fsp3) is 0.462. The van der Waals surface area contributed by atoms with E-state index in [4.69, 9.17) is 0 Å². The number of hydrogen-bond acceptors (Lipinski definition) is 2. The van der Waals surface area contributed by atoms with Gasteiger partial charge in [-0.2, -0.15) is 4.57 Å². The lowest BCUT2D eigenvalue weighted by Crippen LogP contribution is -2.48. The number of rotatable bonds is 4. The number of amides is 3. The van der Waals surface area contributed by atoms with Crippen LogP contribution in [0.4, 0.5) is 4.79 Å². The number of nitrogens with zero attached hydrogens (tertiary/aromatic N) is 1. The predicted octanol–water partition coefficient (Wildman–Crippen LogP) is 0.907. The molecule has 0 aromatic carbocycles. The van der Waals surface area contributed by atoms with Crippen LogP contribution >= 0.6 is 0 Å². The second kappa shape index (κ2) is 6.74. The van der Waals surface area contributed by atoms with Gasteiger partial charge in [-0.3, -0.25) is 10.1 Å². The zero-order valence-corrected chi connectivity index (χ0v) is 11.1. The molecule has 18 heavy (non-hydrogen) atoms. The maximum atomic E-state index is 11.6. The second-order valence-corrected chi connectivity index (χ2v) is 4.38. The zero-order chi connectivity index (χ0) is 13.5. The molecule has 1 rings (SSSR count). The number of urea groups is 1. The molecule has 5 heteroatoms. The van der Waals surface area contributed by atoms with Crippen molar-refractivity contribution in [1.29, 1.82) is 0 Å². The fourth-order valence-electron chi connectivity index (χ4n) is 1.33. The summed E-state index contributed by atoms with van der Waals surface area (Å²) in [5.74, 6) is -0.329. The third-order valence-corrected chi connectivity index (χ3v) is 2.63. The lowest BCUT2D eigenvalue weighted by atomic mass is 10.3. The Morgan fingerprint density at radius 2 is 1.94 bits per heavy atom. The standard InChI is InChI=1S/C13H19N3O2/c1-4-11(3)14-13(18)15-12(17)9-16-7-5-10(2)6-8-16/h5-8,11H,4,9H2,1-3H3,(H-,14,15,17,18)/p+1/t11-/m1/s1. The molecule has 0 fully saturated rings. The number of carbonyl (C=O) groups is 2. The topological polar surface area (TPSA) is 62.1 Å². The first-order valence-corrected chi connectivity index (χ1v) is 6.07. The lowest BCUT2D eigenvalue weighted by Gasteiger charge is -2.10. The lowest BCUT2D eigenvalue weighted by molar-refractivity contribution is -0.684. The highest BCUT2D eigenvalue weighted by atomic mass is 16.2. The van der Waals surface area contributed by atoms with Gasteiger partial charge in [-0.25, -0.2) is 4.79 Å². The Hall–Kier alpha value is -1.91. The van der Waals surface area contributed by atoms with Crippen LogP contribution in [0.25, 0.3) is 0 Å². The van der Waals surface area contributed by atoms with Crippen molar-refractivity contribution in [2.45, 2.75) is 39.8 Å². The zero-order valence-electron chi connectivity index (χ0n) is 11.1. The first kappa shape index (κ1) is 14.2. The third kappa shape index (κ3) is 4.95. The van der Waals surface area contributed by atoms with Gasteiger partial charge in [-0.15, -0.1) is 0 Å². The Bertz CT molecular complexity index is 415. The van der Waals surface area contributed by atoms with E-state index in [1.807, 2.05) is 45.3 Å². The largest absolute Gasteiger partial charge is 0.335 e. The van der Waals surface area contributed by atoms with Crippen molar-refractivity contribution < 1.29 is 14.2 Å². The van der Waals surface area contributed by atoms with Crippen LogP contribution in [-0.2, 0) is 11.3 Å². The minimum Gasteiger partial charge on any atom is -0.335 e. The smallest absolute Gasteiger partial charge is 0.321 e. The molecule has 1 atom stereocenters. The summed E-state index contributed by atoms with van der Waals surface area (Å²) in [7, 11) is 0. The number of imide groups is 1. The minimum atomic E-state index is -0.443. The molecule has 3 amide bonds. The number of aromatic nitrogens is 1. The molecule has 98 valence electrons. The molecule has 5 nitrogen and oxygen atoms in total. The van der Waals surface area contributed by atoms with Gasteiger partial charge in [0.05, 0.1) is 0 Å². The van der Waals surface area contributed by atoms with E-state index in [1.54, 1.807) is 4.57 Å². The van der Waals surface area contributed by atoms with Crippen molar-refractivity contribution in [1.82, 2.24) is 10.6 Å². The van der Waals surface area contributed by atoms with Crippen LogP contribution in [0.3, 0.4) is 0 Å². The fourth-order valence-corrected chi connectivity index (χ4v) is 1.33. The number of aryl methyl sites for hydroxylation is 1. The molecule has 0 radical (unpaired) electrons. The van der Waals surface area contributed by atoms with E-state index >= 15 is 0 Å². The van der Waals surface area contributed by atoms with Crippen molar-refractivity contribution in [3.8, 4) is 0 Å². The third-order valence-electron chi connectivity index (χ3n) is 2.63. The maximum Gasteiger partial charge on any atom is 0.321 e. The molecule has 0 aliphatic heterocycles. The highest BCUT2D eigenvalue weighted by Crippen LogP contribution is 1.90. The van der Waals surface area contributed by atoms with Crippen molar-refractivity contribution in [3.05, 3.63) is 30.1 Å². The quantitative estimate of drug-likeness (QED) is 0.780. The molecule has 1 heterocycles. The van der Waals surface area contributed by atoms with E-state index in [9.17, 15) is 9.59 Å². The Balaban J connectivity index is 2.42. The summed E-state index contributed by atoms with van der Waals surface area (Å²) in [5, 5.41) is 4.97. The van der Waals surface area contributed by atoms with E-state index in [-0.39, 0.29) is 18.5 Å². The van der Waals surface area contributed by atoms with E-state index < -0.39 is 6.03 Å². The van der Waals surface area contributed by atoms with Crippen LogP contribution in [0.2, 0.25) is 0 Å². The van der Waals surface area contributed by atoms with Gasteiger partial charge in [0.15, 0.2) is 12.4 Å². The van der Waals surface area contributed by atoms with E-state index in [0.29, 0.717) is 0 Å². The molecule has 1 aromatic heterocycles. The first-order valence-electron chi connectivity index (χ1n) is 6.07. The summed E-state index contributed by atoms with van der Waals surface area (Å²) >= 11 is 0. The molecular formula is C13H20N3O2+. The molecule has 0 aliphatic carbocycles. The van der Waals surface area contributed by atoms with Crippen LogP contribution in [0, 0.1) is 6.92 Å². The summed E-state index contributed by atoms with van der Waals surface area (Å²) in [6, 6.07) is 3.44. The van der Waals surface area contributed by atoms with Crippen molar-refractivity contribution in [2.75, 3.05) is 0 Å². The Morgan fingerprint density at radius 1 is 1.33 bits per heavy atom. The van der Waals surface area contributed by atoms with Crippen LogP contribution in [0.5, 0.6) is 0 Å². The number of carbonyl (C=O) groups excluding carboxylic acids is 2. The van der Waals surface area contributed by atoms with Gasteiger partial charge in [0.1, 0.15) is 0 Å². The van der Waals surface area contributed by atoms with E-state index in [1.165, 1.54) is 0 Å². The molecule has 1 aromatic rings. The Morgan fingerprint density at radius 3 is 2.50 bits per heavy atom. The molecule has 0 aliphatic rings. The monoisotopic (exact) mass is 250 g/mol. The van der Waals surface area contributed by atoms with Crippen molar-refractivity contribution in [2.24, 2.45) is 0 Å². The average molecular weight is 250 g/mol. The number of hydrogen-bond donors (Lipinski definition) is 2. The summed E-state index contributed by atoms with van der Waals surface area (Å²) in [5.41, 5.74) is 1.13. The normalized spacial score (nSPS) is 11.7. The molecule has 0 spiro atoms.